The first-order chi connectivity index (χ1) is 11.9. The summed E-state index contributed by atoms with van der Waals surface area (Å²) in [5.74, 6) is 0.0182. The van der Waals surface area contributed by atoms with Crippen LogP contribution >= 0.6 is 0 Å². The fourth-order valence-corrected chi connectivity index (χ4v) is 2.28. The van der Waals surface area contributed by atoms with Crippen LogP contribution in [0.25, 0.3) is 0 Å². The van der Waals surface area contributed by atoms with Crippen LogP contribution in [0.15, 0.2) is 22.9 Å². The van der Waals surface area contributed by atoms with E-state index in [4.69, 9.17) is 18.7 Å². The van der Waals surface area contributed by atoms with Crippen molar-refractivity contribution in [3.05, 3.63) is 45.3 Å². The van der Waals surface area contributed by atoms with Crippen molar-refractivity contribution in [1.82, 2.24) is 5.16 Å². The summed E-state index contributed by atoms with van der Waals surface area (Å²) in [5.41, 5.74) is -0.0799. The third kappa shape index (κ3) is 3.87. The highest BCUT2D eigenvalue weighted by atomic mass is 16.6. The van der Waals surface area contributed by atoms with E-state index in [0.29, 0.717) is 17.9 Å². The standard InChI is InChI=1S/C16H18N2O7/c1-5-23-15-7-13(18(20)21)11(6-14(15)22-4)16(19)24-9(2)12-8-17-25-10(12)3/h6-9H,5H2,1-4H3/t9-/m0/s1. The quantitative estimate of drug-likeness (QED) is 0.425. The molecular formula is C16H18N2O7. The van der Waals surface area contributed by atoms with Gasteiger partial charge in [0.1, 0.15) is 17.4 Å². The van der Waals surface area contributed by atoms with Crippen LogP contribution in [-0.4, -0.2) is 29.8 Å². The molecule has 0 radical (unpaired) electrons. The summed E-state index contributed by atoms with van der Waals surface area (Å²) in [6.07, 6.45) is 0.747. The van der Waals surface area contributed by atoms with Gasteiger partial charge in [-0.15, -0.1) is 0 Å². The van der Waals surface area contributed by atoms with Crippen molar-refractivity contribution in [2.45, 2.75) is 26.9 Å². The Morgan fingerprint density at radius 3 is 2.64 bits per heavy atom. The van der Waals surface area contributed by atoms with Gasteiger partial charge in [0, 0.05) is 6.07 Å². The Morgan fingerprint density at radius 2 is 2.12 bits per heavy atom. The number of nitro groups is 1. The minimum absolute atomic E-state index is 0.177. The molecule has 0 fully saturated rings. The predicted octanol–water partition coefficient (Wildman–Crippen LogP) is 3.22. The fourth-order valence-electron chi connectivity index (χ4n) is 2.28. The number of methoxy groups -OCH3 is 1. The summed E-state index contributed by atoms with van der Waals surface area (Å²) in [7, 11) is 1.38. The van der Waals surface area contributed by atoms with Crippen LogP contribution in [0.3, 0.4) is 0 Å². The summed E-state index contributed by atoms with van der Waals surface area (Å²) in [4.78, 5) is 23.1. The SMILES string of the molecule is CCOc1cc([N+](=O)[O-])c(C(=O)O[C@@H](C)c2cnoc2C)cc1OC. The Hall–Kier alpha value is -3.10. The van der Waals surface area contributed by atoms with E-state index in [1.807, 2.05) is 0 Å². The first-order valence-corrected chi connectivity index (χ1v) is 7.50. The van der Waals surface area contributed by atoms with Crippen LogP contribution in [0.2, 0.25) is 0 Å². The second kappa shape index (κ2) is 7.65. The van der Waals surface area contributed by atoms with Crippen molar-refractivity contribution in [3.8, 4) is 11.5 Å². The highest BCUT2D eigenvalue weighted by Gasteiger charge is 2.28. The first-order valence-electron chi connectivity index (χ1n) is 7.50. The van der Waals surface area contributed by atoms with Crippen molar-refractivity contribution in [1.29, 1.82) is 0 Å². The number of carbonyl (C=O) groups excluding carboxylic acids is 1. The zero-order valence-corrected chi connectivity index (χ0v) is 14.3. The molecule has 0 spiro atoms. The number of aryl methyl sites for hydroxylation is 1. The number of nitrogens with zero attached hydrogens (tertiary/aromatic N) is 2. The van der Waals surface area contributed by atoms with Crippen LogP contribution in [0.1, 0.15) is 41.6 Å². The molecule has 0 N–H and O–H groups in total. The maximum atomic E-state index is 12.5. The molecule has 0 aliphatic rings. The molecule has 134 valence electrons. The number of carbonyl (C=O) groups is 1. The van der Waals surface area contributed by atoms with Crippen LogP contribution in [-0.2, 0) is 4.74 Å². The van der Waals surface area contributed by atoms with E-state index in [0.717, 1.165) is 6.07 Å². The molecule has 0 unspecified atom stereocenters. The number of esters is 1. The Labute approximate surface area is 143 Å². The maximum absolute atomic E-state index is 12.5. The van der Waals surface area contributed by atoms with Crippen molar-refractivity contribution in [2.24, 2.45) is 0 Å². The van der Waals surface area contributed by atoms with E-state index in [1.54, 1.807) is 20.8 Å². The second-order valence-corrected chi connectivity index (χ2v) is 5.10. The smallest absolute Gasteiger partial charge is 0.345 e. The lowest BCUT2D eigenvalue weighted by Gasteiger charge is -2.14. The van der Waals surface area contributed by atoms with E-state index in [1.165, 1.54) is 19.4 Å². The van der Waals surface area contributed by atoms with Gasteiger partial charge in [-0.05, 0) is 20.8 Å². The number of nitro benzene ring substituents is 1. The Balaban J connectivity index is 2.37. The second-order valence-electron chi connectivity index (χ2n) is 5.10. The number of rotatable bonds is 7. The lowest BCUT2D eigenvalue weighted by atomic mass is 10.1. The van der Waals surface area contributed by atoms with Gasteiger partial charge in [0.05, 0.1) is 36.5 Å². The van der Waals surface area contributed by atoms with E-state index in [2.05, 4.69) is 5.16 Å². The van der Waals surface area contributed by atoms with Gasteiger partial charge in [-0.25, -0.2) is 4.79 Å². The number of ether oxygens (including phenoxy) is 3. The molecule has 0 amide bonds. The van der Waals surface area contributed by atoms with E-state index in [-0.39, 0.29) is 17.1 Å². The number of hydrogen-bond donors (Lipinski definition) is 0. The number of hydrogen-bond acceptors (Lipinski definition) is 8. The largest absolute Gasteiger partial charge is 0.493 e. The van der Waals surface area contributed by atoms with Crippen molar-refractivity contribution in [3.63, 3.8) is 0 Å². The Bertz CT molecular complexity index is 785. The molecule has 25 heavy (non-hydrogen) atoms. The minimum atomic E-state index is -0.860. The van der Waals surface area contributed by atoms with E-state index >= 15 is 0 Å². The van der Waals surface area contributed by atoms with E-state index in [9.17, 15) is 14.9 Å². The zero-order chi connectivity index (χ0) is 18.6. The highest BCUT2D eigenvalue weighted by molar-refractivity contribution is 5.95. The average Bonchev–Trinajstić information content (AvgIpc) is 3.00. The highest BCUT2D eigenvalue weighted by Crippen LogP contribution is 2.36. The van der Waals surface area contributed by atoms with Crippen LogP contribution in [0, 0.1) is 17.0 Å². The summed E-state index contributed by atoms with van der Waals surface area (Å²) in [6.45, 7) is 5.32. The third-order valence-corrected chi connectivity index (χ3v) is 3.51. The van der Waals surface area contributed by atoms with Crippen molar-refractivity contribution >= 4 is 11.7 Å². The van der Waals surface area contributed by atoms with Crippen molar-refractivity contribution < 1.29 is 28.5 Å². The lowest BCUT2D eigenvalue weighted by molar-refractivity contribution is -0.385. The molecule has 1 aromatic carbocycles. The lowest BCUT2D eigenvalue weighted by Crippen LogP contribution is -2.12. The third-order valence-electron chi connectivity index (χ3n) is 3.51. The van der Waals surface area contributed by atoms with Crippen LogP contribution < -0.4 is 9.47 Å². The summed E-state index contributed by atoms with van der Waals surface area (Å²) < 4.78 is 20.7. The monoisotopic (exact) mass is 350 g/mol. The number of benzene rings is 1. The molecule has 0 bridgehead atoms. The van der Waals surface area contributed by atoms with Gasteiger partial charge in [-0.1, -0.05) is 5.16 Å². The summed E-state index contributed by atoms with van der Waals surface area (Å²) in [5, 5.41) is 14.9. The summed E-state index contributed by atoms with van der Waals surface area (Å²) in [6, 6.07) is 2.38. The molecule has 2 rings (SSSR count). The van der Waals surface area contributed by atoms with Gasteiger partial charge in [0.15, 0.2) is 11.5 Å². The van der Waals surface area contributed by atoms with Crippen LogP contribution in [0.5, 0.6) is 11.5 Å². The Morgan fingerprint density at radius 1 is 1.40 bits per heavy atom. The zero-order valence-electron chi connectivity index (χ0n) is 14.3. The van der Waals surface area contributed by atoms with Gasteiger partial charge in [0.25, 0.3) is 5.69 Å². The topological polar surface area (TPSA) is 114 Å². The van der Waals surface area contributed by atoms with Gasteiger partial charge in [0.2, 0.25) is 0 Å². The molecule has 9 nitrogen and oxygen atoms in total. The van der Waals surface area contributed by atoms with Crippen molar-refractivity contribution in [2.75, 3.05) is 13.7 Å². The fraction of sp³-hybridized carbons (Fsp3) is 0.375. The van der Waals surface area contributed by atoms with Gasteiger partial charge < -0.3 is 18.7 Å². The molecule has 1 aromatic heterocycles. The molecule has 0 saturated heterocycles. The normalized spacial score (nSPS) is 11.7. The molecular weight excluding hydrogens is 332 g/mol. The maximum Gasteiger partial charge on any atom is 0.345 e. The molecule has 0 saturated carbocycles. The van der Waals surface area contributed by atoms with Gasteiger partial charge in [-0.3, -0.25) is 10.1 Å². The molecule has 9 heteroatoms. The van der Waals surface area contributed by atoms with E-state index < -0.39 is 22.7 Å². The minimum Gasteiger partial charge on any atom is -0.493 e. The number of aromatic nitrogens is 1. The molecule has 2 aromatic rings. The average molecular weight is 350 g/mol. The summed E-state index contributed by atoms with van der Waals surface area (Å²) >= 11 is 0. The van der Waals surface area contributed by atoms with Gasteiger partial charge >= 0.3 is 5.97 Å². The molecule has 1 atom stereocenters. The van der Waals surface area contributed by atoms with Gasteiger partial charge in [-0.2, -0.15) is 0 Å². The molecule has 0 aliphatic carbocycles. The first kappa shape index (κ1) is 18.2. The Kier molecular flexibility index (Phi) is 5.58. The van der Waals surface area contributed by atoms with Crippen LogP contribution in [0.4, 0.5) is 5.69 Å². The predicted molar refractivity (Wildman–Crippen MR) is 85.9 cm³/mol. The molecule has 0 aliphatic heterocycles. The molecule has 1 heterocycles.